The second kappa shape index (κ2) is 5.72. The van der Waals surface area contributed by atoms with Crippen LogP contribution in [0.1, 0.15) is 35.3 Å². The first kappa shape index (κ1) is 14.0. The van der Waals surface area contributed by atoms with E-state index >= 15 is 0 Å². The first-order valence-electron chi connectivity index (χ1n) is 6.34. The van der Waals surface area contributed by atoms with Gasteiger partial charge in [-0.3, -0.25) is 0 Å². The Morgan fingerprint density at radius 1 is 1.25 bits per heavy atom. The first-order valence-corrected chi connectivity index (χ1v) is 6.34. The number of aliphatic hydroxyl groups is 1. The lowest BCUT2D eigenvalue weighted by molar-refractivity contribution is 0.198. The van der Waals surface area contributed by atoms with Crippen LogP contribution in [0.2, 0.25) is 0 Å². The van der Waals surface area contributed by atoms with Gasteiger partial charge in [0, 0.05) is 12.3 Å². The van der Waals surface area contributed by atoms with Crippen LogP contribution < -0.4 is 4.74 Å². The Bertz CT molecular complexity index is 632. The molecule has 0 amide bonds. The van der Waals surface area contributed by atoms with Gasteiger partial charge >= 0.3 is 0 Å². The van der Waals surface area contributed by atoms with E-state index in [0.717, 1.165) is 16.7 Å². The highest BCUT2D eigenvalue weighted by Crippen LogP contribution is 2.29. The molecule has 0 aliphatic heterocycles. The molecule has 0 aliphatic rings. The van der Waals surface area contributed by atoms with Crippen LogP contribution in [0.3, 0.4) is 0 Å². The molecule has 0 bridgehead atoms. The average molecular weight is 268 g/mol. The van der Waals surface area contributed by atoms with Gasteiger partial charge in [-0.25, -0.2) is 4.98 Å². The van der Waals surface area contributed by atoms with Gasteiger partial charge in [-0.2, -0.15) is 5.26 Å². The van der Waals surface area contributed by atoms with Crippen molar-refractivity contribution in [1.29, 1.82) is 5.26 Å². The fourth-order valence-corrected chi connectivity index (χ4v) is 1.98. The number of nitrogens with zero attached hydrogens (tertiary/aromatic N) is 2. The summed E-state index contributed by atoms with van der Waals surface area (Å²) in [6.45, 7) is 5.48. The molecular weight excluding hydrogens is 252 g/mol. The maximum atomic E-state index is 9.44. The molecule has 0 spiro atoms. The van der Waals surface area contributed by atoms with Crippen molar-refractivity contribution in [2.24, 2.45) is 0 Å². The highest BCUT2D eigenvalue weighted by molar-refractivity contribution is 5.48. The van der Waals surface area contributed by atoms with E-state index < -0.39 is 6.10 Å². The predicted octanol–water partition coefficient (Wildman–Crippen LogP) is 3.42. The van der Waals surface area contributed by atoms with Crippen molar-refractivity contribution in [1.82, 2.24) is 4.98 Å². The molecule has 1 atom stereocenters. The Labute approximate surface area is 118 Å². The van der Waals surface area contributed by atoms with Crippen LogP contribution in [0.25, 0.3) is 0 Å². The van der Waals surface area contributed by atoms with Gasteiger partial charge in [0.05, 0.1) is 17.7 Å². The zero-order chi connectivity index (χ0) is 14.7. The molecule has 4 nitrogen and oxygen atoms in total. The standard InChI is InChI=1S/C16H16N2O2/c1-10-6-13(8-17)7-11(2)16(10)20-15-5-4-14(9-18-15)12(3)19/h4-7,9,12,19H,1-3H3/t12-/m0/s1. The summed E-state index contributed by atoms with van der Waals surface area (Å²) in [6, 6.07) is 9.19. The summed E-state index contributed by atoms with van der Waals surface area (Å²) in [7, 11) is 0. The quantitative estimate of drug-likeness (QED) is 0.926. The molecule has 2 aromatic rings. The second-order valence-electron chi connectivity index (χ2n) is 4.76. The SMILES string of the molecule is Cc1cc(C#N)cc(C)c1Oc1ccc([C@H](C)O)cn1. The van der Waals surface area contributed by atoms with Gasteiger partial charge in [-0.05, 0) is 55.7 Å². The van der Waals surface area contributed by atoms with E-state index in [1.54, 1.807) is 37.4 Å². The summed E-state index contributed by atoms with van der Waals surface area (Å²) in [5.41, 5.74) is 3.14. The van der Waals surface area contributed by atoms with Crippen LogP contribution in [0.4, 0.5) is 0 Å². The second-order valence-corrected chi connectivity index (χ2v) is 4.76. The lowest BCUT2D eigenvalue weighted by atomic mass is 10.1. The Kier molecular flexibility index (Phi) is 4.02. The number of aliphatic hydroxyl groups excluding tert-OH is 1. The van der Waals surface area contributed by atoms with Crippen LogP contribution in [-0.4, -0.2) is 10.1 Å². The van der Waals surface area contributed by atoms with Gasteiger partial charge in [0.25, 0.3) is 0 Å². The number of rotatable bonds is 3. The number of ether oxygens (including phenoxy) is 1. The zero-order valence-electron chi connectivity index (χ0n) is 11.7. The summed E-state index contributed by atoms with van der Waals surface area (Å²) < 4.78 is 5.77. The summed E-state index contributed by atoms with van der Waals surface area (Å²) in [6.07, 6.45) is 1.05. The fourth-order valence-electron chi connectivity index (χ4n) is 1.98. The van der Waals surface area contributed by atoms with Crippen molar-refractivity contribution in [3.63, 3.8) is 0 Å². The molecule has 0 saturated heterocycles. The molecule has 102 valence electrons. The van der Waals surface area contributed by atoms with Crippen LogP contribution >= 0.6 is 0 Å². The zero-order valence-corrected chi connectivity index (χ0v) is 11.7. The van der Waals surface area contributed by atoms with Crippen LogP contribution in [-0.2, 0) is 0 Å². The first-order chi connectivity index (χ1) is 9.51. The Morgan fingerprint density at radius 2 is 1.90 bits per heavy atom. The third-order valence-corrected chi connectivity index (χ3v) is 3.04. The maximum absolute atomic E-state index is 9.44. The lowest BCUT2D eigenvalue weighted by Crippen LogP contribution is -1.96. The highest BCUT2D eigenvalue weighted by atomic mass is 16.5. The van der Waals surface area contributed by atoms with Crippen LogP contribution in [0, 0.1) is 25.2 Å². The smallest absolute Gasteiger partial charge is 0.219 e. The topological polar surface area (TPSA) is 66.1 Å². The summed E-state index contributed by atoms with van der Waals surface area (Å²) in [4.78, 5) is 4.17. The molecule has 1 aromatic heterocycles. The maximum Gasteiger partial charge on any atom is 0.219 e. The summed E-state index contributed by atoms with van der Waals surface area (Å²) in [5.74, 6) is 1.17. The van der Waals surface area contributed by atoms with Gasteiger partial charge in [0.15, 0.2) is 0 Å². The predicted molar refractivity (Wildman–Crippen MR) is 75.6 cm³/mol. The highest BCUT2D eigenvalue weighted by Gasteiger charge is 2.09. The molecule has 1 aromatic carbocycles. The van der Waals surface area contributed by atoms with Crippen molar-refractivity contribution in [3.05, 3.63) is 52.7 Å². The minimum absolute atomic E-state index is 0.463. The third-order valence-electron chi connectivity index (χ3n) is 3.04. The van der Waals surface area contributed by atoms with Crippen molar-refractivity contribution in [2.45, 2.75) is 26.9 Å². The van der Waals surface area contributed by atoms with E-state index in [1.807, 2.05) is 13.8 Å². The van der Waals surface area contributed by atoms with E-state index in [2.05, 4.69) is 11.1 Å². The van der Waals surface area contributed by atoms with Gasteiger partial charge in [0.1, 0.15) is 5.75 Å². The molecule has 20 heavy (non-hydrogen) atoms. The number of nitriles is 1. The molecular formula is C16H16N2O2. The van der Waals surface area contributed by atoms with Gasteiger partial charge in [0.2, 0.25) is 5.88 Å². The molecule has 0 saturated carbocycles. The Hall–Kier alpha value is -2.38. The molecule has 0 unspecified atom stereocenters. The van der Waals surface area contributed by atoms with E-state index in [1.165, 1.54) is 0 Å². The van der Waals surface area contributed by atoms with Gasteiger partial charge in [-0.1, -0.05) is 0 Å². The Morgan fingerprint density at radius 3 is 2.35 bits per heavy atom. The molecule has 0 radical (unpaired) electrons. The molecule has 4 heteroatoms. The van der Waals surface area contributed by atoms with Crippen molar-refractivity contribution in [2.75, 3.05) is 0 Å². The number of hydrogen-bond acceptors (Lipinski definition) is 4. The van der Waals surface area contributed by atoms with E-state index in [9.17, 15) is 5.11 Å². The van der Waals surface area contributed by atoms with Crippen LogP contribution in [0.5, 0.6) is 11.6 Å². The Balaban J connectivity index is 2.28. The molecule has 0 aliphatic carbocycles. The molecule has 2 rings (SSSR count). The number of benzene rings is 1. The van der Waals surface area contributed by atoms with Gasteiger partial charge in [-0.15, -0.1) is 0 Å². The van der Waals surface area contributed by atoms with E-state index in [4.69, 9.17) is 10.00 Å². The molecule has 1 heterocycles. The summed E-state index contributed by atoms with van der Waals surface area (Å²) >= 11 is 0. The largest absolute Gasteiger partial charge is 0.438 e. The summed E-state index contributed by atoms with van der Waals surface area (Å²) in [5, 5.41) is 18.4. The normalized spacial score (nSPS) is 11.8. The van der Waals surface area contributed by atoms with Crippen LogP contribution in [0.15, 0.2) is 30.5 Å². The third kappa shape index (κ3) is 2.95. The number of aryl methyl sites for hydroxylation is 2. The van der Waals surface area contributed by atoms with E-state index in [0.29, 0.717) is 17.2 Å². The van der Waals surface area contributed by atoms with Crippen molar-refractivity contribution < 1.29 is 9.84 Å². The fraction of sp³-hybridized carbons (Fsp3) is 0.250. The molecule has 0 fully saturated rings. The monoisotopic (exact) mass is 268 g/mol. The lowest BCUT2D eigenvalue weighted by Gasteiger charge is -2.12. The average Bonchev–Trinajstić information content (AvgIpc) is 2.43. The minimum Gasteiger partial charge on any atom is -0.438 e. The number of aromatic nitrogens is 1. The van der Waals surface area contributed by atoms with Gasteiger partial charge < -0.3 is 9.84 Å². The number of pyridine rings is 1. The number of hydrogen-bond donors (Lipinski definition) is 1. The minimum atomic E-state index is -0.546. The van der Waals surface area contributed by atoms with Crippen molar-refractivity contribution in [3.8, 4) is 17.7 Å². The van der Waals surface area contributed by atoms with E-state index in [-0.39, 0.29) is 0 Å². The molecule has 1 N–H and O–H groups in total. The van der Waals surface area contributed by atoms with Crippen molar-refractivity contribution >= 4 is 0 Å².